The van der Waals surface area contributed by atoms with E-state index in [9.17, 15) is 13.2 Å². The number of rotatable bonds is 6. The van der Waals surface area contributed by atoms with Crippen molar-refractivity contribution < 1.29 is 23.1 Å². The lowest BCUT2D eigenvalue weighted by Gasteiger charge is -2.11. The minimum atomic E-state index is -3.11. The van der Waals surface area contributed by atoms with E-state index in [0.29, 0.717) is 13.0 Å². The van der Waals surface area contributed by atoms with Crippen LogP contribution in [0.15, 0.2) is 0 Å². The number of hydrogen-bond donors (Lipinski definition) is 1. The Hall–Kier alpha value is -0.620. The zero-order valence-corrected chi connectivity index (χ0v) is 9.71. The Balaban J connectivity index is 2.62. The summed E-state index contributed by atoms with van der Waals surface area (Å²) in [6, 6.07) is 0. The standard InChI is InChI=1S/C9H16O5S/c1-3-14-6-9(8(10)11)4-7(9)5-15(2,12)13/h7H,3-6H2,1-2H3,(H,10,11). The number of carbonyl (C=O) groups is 1. The molecular formula is C9H16O5S. The lowest BCUT2D eigenvalue weighted by atomic mass is 10.1. The monoisotopic (exact) mass is 236 g/mol. The highest BCUT2D eigenvalue weighted by atomic mass is 32.2. The summed E-state index contributed by atoms with van der Waals surface area (Å²) in [4.78, 5) is 11.0. The molecule has 0 bridgehead atoms. The second kappa shape index (κ2) is 4.09. The first-order chi connectivity index (χ1) is 6.82. The lowest BCUT2D eigenvalue weighted by Crippen LogP contribution is -2.26. The number of ether oxygens (including phenoxy) is 1. The largest absolute Gasteiger partial charge is 0.481 e. The third-order valence-electron chi connectivity index (χ3n) is 2.73. The molecule has 0 heterocycles. The van der Waals surface area contributed by atoms with E-state index in [1.54, 1.807) is 6.92 Å². The van der Waals surface area contributed by atoms with Gasteiger partial charge in [-0.1, -0.05) is 0 Å². The highest BCUT2D eigenvalue weighted by Crippen LogP contribution is 2.53. The molecule has 2 unspecified atom stereocenters. The summed E-state index contributed by atoms with van der Waals surface area (Å²) in [7, 11) is -3.11. The van der Waals surface area contributed by atoms with E-state index in [-0.39, 0.29) is 18.3 Å². The van der Waals surface area contributed by atoms with Crippen molar-refractivity contribution in [3.8, 4) is 0 Å². The van der Waals surface area contributed by atoms with Crippen molar-refractivity contribution in [3.63, 3.8) is 0 Å². The molecule has 0 aromatic carbocycles. The van der Waals surface area contributed by atoms with Gasteiger partial charge in [0.15, 0.2) is 0 Å². The summed E-state index contributed by atoms with van der Waals surface area (Å²) in [5, 5.41) is 9.02. The first-order valence-corrected chi connectivity index (χ1v) is 6.87. The number of carboxylic acids is 1. The highest BCUT2D eigenvalue weighted by molar-refractivity contribution is 7.90. The molecule has 1 saturated carbocycles. The fourth-order valence-corrected chi connectivity index (χ4v) is 2.92. The molecule has 1 aliphatic carbocycles. The molecule has 0 aromatic rings. The van der Waals surface area contributed by atoms with Crippen LogP contribution in [0.1, 0.15) is 13.3 Å². The Morgan fingerprint density at radius 1 is 1.60 bits per heavy atom. The fourth-order valence-electron chi connectivity index (χ4n) is 1.75. The second-order valence-electron chi connectivity index (χ2n) is 4.09. The first-order valence-electron chi connectivity index (χ1n) is 4.80. The summed E-state index contributed by atoms with van der Waals surface area (Å²) >= 11 is 0. The van der Waals surface area contributed by atoms with Gasteiger partial charge < -0.3 is 9.84 Å². The summed E-state index contributed by atoms with van der Waals surface area (Å²) < 4.78 is 27.2. The minimum Gasteiger partial charge on any atom is -0.481 e. The van der Waals surface area contributed by atoms with E-state index in [0.717, 1.165) is 6.26 Å². The van der Waals surface area contributed by atoms with Crippen LogP contribution in [0.5, 0.6) is 0 Å². The summed E-state index contributed by atoms with van der Waals surface area (Å²) in [6.07, 6.45) is 1.52. The van der Waals surface area contributed by atoms with Crippen LogP contribution >= 0.6 is 0 Å². The van der Waals surface area contributed by atoms with Crippen LogP contribution in [0, 0.1) is 11.3 Å². The highest BCUT2D eigenvalue weighted by Gasteiger charge is 2.61. The van der Waals surface area contributed by atoms with Crippen molar-refractivity contribution >= 4 is 15.8 Å². The normalized spacial score (nSPS) is 30.1. The van der Waals surface area contributed by atoms with Crippen molar-refractivity contribution in [2.24, 2.45) is 11.3 Å². The number of hydrogen-bond acceptors (Lipinski definition) is 4. The van der Waals surface area contributed by atoms with Gasteiger partial charge in [-0.2, -0.15) is 0 Å². The molecule has 1 fully saturated rings. The van der Waals surface area contributed by atoms with Crippen LogP contribution in [0.3, 0.4) is 0 Å². The van der Waals surface area contributed by atoms with Gasteiger partial charge in [-0.05, 0) is 19.3 Å². The van der Waals surface area contributed by atoms with Crippen LogP contribution in [0.25, 0.3) is 0 Å². The summed E-state index contributed by atoms with van der Waals surface area (Å²) in [5.41, 5.74) is -0.959. The van der Waals surface area contributed by atoms with E-state index in [2.05, 4.69) is 0 Å². The molecule has 5 nitrogen and oxygen atoms in total. The van der Waals surface area contributed by atoms with E-state index < -0.39 is 21.2 Å². The molecule has 88 valence electrons. The van der Waals surface area contributed by atoms with E-state index in [1.807, 2.05) is 0 Å². The Bertz CT molecular complexity index is 348. The predicted octanol–water partition coefficient (Wildman–Crippen LogP) is 0.158. The van der Waals surface area contributed by atoms with Gasteiger partial charge in [0, 0.05) is 12.9 Å². The van der Waals surface area contributed by atoms with Crippen molar-refractivity contribution in [1.29, 1.82) is 0 Å². The van der Waals surface area contributed by atoms with Gasteiger partial charge >= 0.3 is 5.97 Å². The average Bonchev–Trinajstić information content (AvgIpc) is 2.73. The topological polar surface area (TPSA) is 80.7 Å². The molecule has 0 amide bonds. The van der Waals surface area contributed by atoms with Crippen molar-refractivity contribution in [2.75, 3.05) is 25.2 Å². The van der Waals surface area contributed by atoms with Crippen molar-refractivity contribution in [3.05, 3.63) is 0 Å². The molecule has 0 spiro atoms. The van der Waals surface area contributed by atoms with Crippen LogP contribution in [-0.4, -0.2) is 44.7 Å². The van der Waals surface area contributed by atoms with E-state index >= 15 is 0 Å². The number of carboxylic acid groups (broad SMARTS) is 1. The maximum atomic E-state index is 11.0. The van der Waals surface area contributed by atoms with E-state index in [1.165, 1.54) is 0 Å². The van der Waals surface area contributed by atoms with Crippen LogP contribution < -0.4 is 0 Å². The molecule has 1 rings (SSSR count). The van der Waals surface area contributed by atoms with Gasteiger partial charge in [-0.3, -0.25) is 4.79 Å². The molecule has 1 N–H and O–H groups in total. The fraction of sp³-hybridized carbons (Fsp3) is 0.889. The Morgan fingerprint density at radius 2 is 2.20 bits per heavy atom. The predicted molar refractivity (Wildman–Crippen MR) is 54.4 cm³/mol. The van der Waals surface area contributed by atoms with Gasteiger partial charge in [0.1, 0.15) is 9.84 Å². The SMILES string of the molecule is CCOCC1(C(=O)O)CC1CS(C)(=O)=O. The van der Waals surface area contributed by atoms with Gasteiger partial charge in [0.2, 0.25) is 0 Å². The average molecular weight is 236 g/mol. The second-order valence-corrected chi connectivity index (χ2v) is 6.28. The molecular weight excluding hydrogens is 220 g/mol. The van der Waals surface area contributed by atoms with Crippen LogP contribution in [0.4, 0.5) is 0 Å². The van der Waals surface area contributed by atoms with E-state index in [4.69, 9.17) is 9.84 Å². The van der Waals surface area contributed by atoms with Crippen molar-refractivity contribution in [2.45, 2.75) is 13.3 Å². The van der Waals surface area contributed by atoms with Crippen molar-refractivity contribution in [1.82, 2.24) is 0 Å². The molecule has 1 aliphatic rings. The van der Waals surface area contributed by atoms with Gasteiger partial charge in [0.25, 0.3) is 0 Å². The molecule has 15 heavy (non-hydrogen) atoms. The van der Waals surface area contributed by atoms with Crippen LogP contribution in [0.2, 0.25) is 0 Å². The summed E-state index contributed by atoms with van der Waals surface area (Å²) in [5.74, 6) is -1.31. The maximum absolute atomic E-state index is 11.0. The number of sulfone groups is 1. The minimum absolute atomic E-state index is 0.0631. The molecule has 0 aromatic heterocycles. The Kier molecular flexibility index (Phi) is 3.40. The molecule has 2 atom stereocenters. The molecule has 0 radical (unpaired) electrons. The number of aliphatic carboxylic acids is 1. The smallest absolute Gasteiger partial charge is 0.312 e. The first kappa shape index (κ1) is 12.4. The summed E-state index contributed by atoms with van der Waals surface area (Å²) in [6.45, 7) is 2.34. The Morgan fingerprint density at radius 3 is 2.60 bits per heavy atom. The quantitative estimate of drug-likeness (QED) is 0.710. The van der Waals surface area contributed by atoms with Gasteiger partial charge in [-0.25, -0.2) is 8.42 Å². The third kappa shape index (κ3) is 2.92. The van der Waals surface area contributed by atoms with Gasteiger partial charge in [0.05, 0.1) is 17.8 Å². The lowest BCUT2D eigenvalue weighted by molar-refractivity contribution is -0.146. The molecule has 6 heteroatoms. The third-order valence-corrected chi connectivity index (χ3v) is 3.73. The van der Waals surface area contributed by atoms with Crippen LogP contribution in [-0.2, 0) is 19.4 Å². The zero-order chi connectivity index (χ0) is 11.7. The van der Waals surface area contributed by atoms with Gasteiger partial charge in [-0.15, -0.1) is 0 Å². The Labute approximate surface area is 89.3 Å². The molecule has 0 saturated heterocycles. The zero-order valence-electron chi connectivity index (χ0n) is 8.89. The molecule has 0 aliphatic heterocycles. The maximum Gasteiger partial charge on any atom is 0.312 e.